The first-order valence-electron chi connectivity index (χ1n) is 6.86. The van der Waals surface area contributed by atoms with E-state index in [2.05, 4.69) is 33.5 Å². The van der Waals surface area contributed by atoms with Crippen molar-refractivity contribution in [3.63, 3.8) is 0 Å². The van der Waals surface area contributed by atoms with Gasteiger partial charge in [0.1, 0.15) is 0 Å². The lowest BCUT2D eigenvalue weighted by Gasteiger charge is -2.28. The summed E-state index contributed by atoms with van der Waals surface area (Å²) in [7, 11) is 0. The Labute approximate surface area is 123 Å². The largest absolute Gasteiger partial charge is 0.349 e. The highest BCUT2D eigenvalue weighted by Gasteiger charge is 2.25. The molecule has 0 aromatic heterocycles. The SMILES string of the molecule is CC1CC(C(=O)N[C@H](C)c2ccccc2Br)CCN1. The van der Waals surface area contributed by atoms with E-state index in [4.69, 9.17) is 0 Å². The monoisotopic (exact) mass is 324 g/mol. The highest BCUT2D eigenvalue weighted by Crippen LogP contribution is 2.24. The maximum Gasteiger partial charge on any atom is 0.223 e. The third-order valence-electron chi connectivity index (χ3n) is 3.72. The third kappa shape index (κ3) is 3.80. The van der Waals surface area contributed by atoms with Gasteiger partial charge in [0.25, 0.3) is 0 Å². The highest BCUT2D eigenvalue weighted by atomic mass is 79.9. The van der Waals surface area contributed by atoms with Gasteiger partial charge in [-0.2, -0.15) is 0 Å². The van der Waals surface area contributed by atoms with E-state index in [0.717, 1.165) is 29.4 Å². The smallest absolute Gasteiger partial charge is 0.223 e. The normalized spacial score (nSPS) is 24.8. The van der Waals surface area contributed by atoms with Crippen molar-refractivity contribution < 1.29 is 4.79 Å². The first-order chi connectivity index (χ1) is 9.08. The van der Waals surface area contributed by atoms with Gasteiger partial charge in [0.05, 0.1) is 6.04 Å². The Morgan fingerprint density at radius 1 is 1.47 bits per heavy atom. The topological polar surface area (TPSA) is 41.1 Å². The molecule has 0 saturated carbocycles. The summed E-state index contributed by atoms with van der Waals surface area (Å²) in [6, 6.07) is 8.49. The molecular formula is C15H21BrN2O. The number of amides is 1. The van der Waals surface area contributed by atoms with Crippen LogP contribution in [-0.4, -0.2) is 18.5 Å². The molecule has 19 heavy (non-hydrogen) atoms. The molecule has 0 spiro atoms. The van der Waals surface area contributed by atoms with E-state index in [9.17, 15) is 4.79 Å². The van der Waals surface area contributed by atoms with Crippen LogP contribution in [0.25, 0.3) is 0 Å². The fourth-order valence-electron chi connectivity index (χ4n) is 2.61. The molecule has 0 aliphatic carbocycles. The van der Waals surface area contributed by atoms with Gasteiger partial charge in [0.2, 0.25) is 5.91 Å². The molecule has 1 aromatic rings. The van der Waals surface area contributed by atoms with E-state index in [1.807, 2.05) is 31.2 Å². The first-order valence-corrected chi connectivity index (χ1v) is 7.65. The van der Waals surface area contributed by atoms with Crippen molar-refractivity contribution in [3.05, 3.63) is 34.3 Å². The second kappa shape index (κ2) is 6.53. The van der Waals surface area contributed by atoms with Crippen LogP contribution in [0.1, 0.15) is 38.3 Å². The zero-order valence-electron chi connectivity index (χ0n) is 11.4. The quantitative estimate of drug-likeness (QED) is 0.897. The lowest BCUT2D eigenvalue weighted by Crippen LogP contribution is -2.43. The summed E-state index contributed by atoms with van der Waals surface area (Å²) in [6.07, 6.45) is 1.85. The molecule has 1 aliphatic heterocycles. The van der Waals surface area contributed by atoms with Crippen LogP contribution in [0.15, 0.2) is 28.7 Å². The van der Waals surface area contributed by atoms with Crippen molar-refractivity contribution in [3.8, 4) is 0 Å². The Balaban J connectivity index is 1.97. The number of hydrogen-bond acceptors (Lipinski definition) is 2. The fraction of sp³-hybridized carbons (Fsp3) is 0.533. The van der Waals surface area contributed by atoms with E-state index in [1.165, 1.54) is 0 Å². The average molecular weight is 325 g/mol. The van der Waals surface area contributed by atoms with Crippen molar-refractivity contribution >= 4 is 21.8 Å². The summed E-state index contributed by atoms with van der Waals surface area (Å²) < 4.78 is 1.04. The van der Waals surface area contributed by atoms with Crippen LogP contribution in [0.3, 0.4) is 0 Å². The molecule has 0 radical (unpaired) electrons. The molecule has 2 rings (SSSR count). The summed E-state index contributed by atoms with van der Waals surface area (Å²) in [5.41, 5.74) is 1.12. The number of rotatable bonds is 3. The minimum absolute atomic E-state index is 0.0354. The van der Waals surface area contributed by atoms with E-state index in [1.54, 1.807) is 0 Å². The summed E-state index contributed by atoms with van der Waals surface area (Å²) in [5.74, 6) is 0.317. The molecule has 2 N–H and O–H groups in total. The van der Waals surface area contributed by atoms with Gasteiger partial charge in [-0.25, -0.2) is 0 Å². The summed E-state index contributed by atoms with van der Waals surface area (Å²) in [5, 5.41) is 6.50. The number of halogens is 1. The summed E-state index contributed by atoms with van der Waals surface area (Å²) in [6.45, 7) is 5.10. The molecule has 2 unspecified atom stereocenters. The number of benzene rings is 1. The van der Waals surface area contributed by atoms with E-state index >= 15 is 0 Å². The number of carbonyl (C=O) groups is 1. The van der Waals surface area contributed by atoms with Crippen molar-refractivity contribution in [1.29, 1.82) is 0 Å². The minimum Gasteiger partial charge on any atom is -0.349 e. The Kier molecular flexibility index (Phi) is 4.99. The van der Waals surface area contributed by atoms with E-state index in [-0.39, 0.29) is 17.9 Å². The second-order valence-electron chi connectivity index (χ2n) is 5.33. The van der Waals surface area contributed by atoms with E-state index in [0.29, 0.717) is 6.04 Å². The van der Waals surface area contributed by atoms with Crippen LogP contribution >= 0.6 is 15.9 Å². The first kappa shape index (κ1) is 14.5. The number of nitrogens with one attached hydrogen (secondary N) is 2. The average Bonchev–Trinajstić information content (AvgIpc) is 2.39. The molecular weight excluding hydrogens is 304 g/mol. The molecule has 104 valence electrons. The molecule has 0 bridgehead atoms. The van der Waals surface area contributed by atoms with Gasteiger partial charge in [0, 0.05) is 16.4 Å². The van der Waals surface area contributed by atoms with E-state index < -0.39 is 0 Å². The van der Waals surface area contributed by atoms with Gasteiger partial charge in [-0.05, 0) is 44.9 Å². The molecule has 3 nitrogen and oxygen atoms in total. The van der Waals surface area contributed by atoms with Gasteiger partial charge in [0.15, 0.2) is 0 Å². The molecule has 3 atom stereocenters. The zero-order chi connectivity index (χ0) is 13.8. The molecule has 1 amide bonds. The van der Waals surface area contributed by atoms with Crippen LogP contribution < -0.4 is 10.6 Å². The van der Waals surface area contributed by atoms with Crippen molar-refractivity contribution in [2.75, 3.05) is 6.54 Å². The number of hydrogen-bond donors (Lipinski definition) is 2. The Bertz CT molecular complexity index is 450. The van der Waals surface area contributed by atoms with Gasteiger partial charge >= 0.3 is 0 Å². The predicted molar refractivity (Wildman–Crippen MR) is 80.9 cm³/mol. The van der Waals surface area contributed by atoms with Crippen molar-refractivity contribution in [2.45, 2.75) is 38.8 Å². The number of piperidine rings is 1. The summed E-state index contributed by atoms with van der Waals surface area (Å²) >= 11 is 3.53. The van der Waals surface area contributed by atoms with Crippen LogP contribution in [0.4, 0.5) is 0 Å². The fourth-order valence-corrected chi connectivity index (χ4v) is 3.23. The predicted octanol–water partition coefficient (Wildman–Crippen LogP) is 3.01. The van der Waals surface area contributed by atoms with Gasteiger partial charge in [-0.3, -0.25) is 4.79 Å². The maximum absolute atomic E-state index is 12.3. The molecule has 1 fully saturated rings. The van der Waals surface area contributed by atoms with Gasteiger partial charge < -0.3 is 10.6 Å². The van der Waals surface area contributed by atoms with Gasteiger partial charge in [-0.1, -0.05) is 34.1 Å². The lowest BCUT2D eigenvalue weighted by molar-refractivity contribution is -0.126. The Morgan fingerprint density at radius 3 is 2.89 bits per heavy atom. The standard InChI is InChI=1S/C15H21BrN2O/c1-10-9-12(7-8-17-10)15(19)18-11(2)13-5-3-4-6-14(13)16/h3-6,10-12,17H,7-9H2,1-2H3,(H,18,19)/t10?,11-,12?/m1/s1. The molecule has 1 aliphatic rings. The zero-order valence-corrected chi connectivity index (χ0v) is 13.0. The van der Waals surface area contributed by atoms with Crippen molar-refractivity contribution in [2.24, 2.45) is 5.92 Å². The van der Waals surface area contributed by atoms with Crippen LogP contribution in [0, 0.1) is 5.92 Å². The third-order valence-corrected chi connectivity index (χ3v) is 4.45. The van der Waals surface area contributed by atoms with Gasteiger partial charge in [-0.15, -0.1) is 0 Å². The lowest BCUT2D eigenvalue weighted by atomic mass is 9.92. The van der Waals surface area contributed by atoms with Crippen LogP contribution in [-0.2, 0) is 4.79 Å². The highest BCUT2D eigenvalue weighted by molar-refractivity contribution is 9.10. The van der Waals surface area contributed by atoms with Crippen molar-refractivity contribution in [1.82, 2.24) is 10.6 Å². The summed E-state index contributed by atoms with van der Waals surface area (Å²) in [4.78, 5) is 12.3. The molecule has 1 aromatic carbocycles. The van der Waals surface area contributed by atoms with Crippen LogP contribution in [0.2, 0.25) is 0 Å². The minimum atomic E-state index is 0.0354. The maximum atomic E-state index is 12.3. The molecule has 4 heteroatoms. The van der Waals surface area contributed by atoms with Crippen LogP contribution in [0.5, 0.6) is 0 Å². The molecule has 1 heterocycles. The Hall–Kier alpha value is -0.870. The second-order valence-corrected chi connectivity index (χ2v) is 6.18. The molecule has 1 saturated heterocycles. The Morgan fingerprint density at radius 2 is 2.21 bits per heavy atom. The number of carbonyl (C=O) groups excluding carboxylic acids is 1.